The number of fused-ring (bicyclic) bond motifs is 1. The highest BCUT2D eigenvalue weighted by molar-refractivity contribution is 5.84. The molecule has 2 aromatic heterocycles. The minimum Gasteiger partial charge on any atom is -0.487 e. The van der Waals surface area contributed by atoms with Crippen LogP contribution in [0.2, 0.25) is 0 Å². The zero-order valence-corrected chi connectivity index (χ0v) is 11.8. The van der Waals surface area contributed by atoms with Crippen LogP contribution in [0.1, 0.15) is 18.1 Å². The number of pyridine rings is 1. The van der Waals surface area contributed by atoms with Crippen molar-refractivity contribution in [2.24, 2.45) is 0 Å². The second-order valence-corrected chi connectivity index (χ2v) is 4.94. The van der Waals surface area contributed by atoms with E-state index in [1.54, 1.807) is 12.4 Å². The van der Waals surface area contributed by atoms with E-state index >= 15 is 0 Å². The molecule has 0 aliphatic rings. The van der Waals surface area contributed by atoms with E-state index in [1.165, 1.54) is 22.0 Å². The Morgan fingerprint density at radius 3 is 2.90 bits per heavy atom. The SMILES string of the molecule is CCn1cc(COc2cccnc2)c2ccc(C)cc21. The van der Waals surface area contributed by atoms with E-state index in [-0.39, 0.29) is 0 Å². The molecule has 0 amide bonds. The standard InChI is InChI=1S/C17H18N2O/c1-3-19-11-14(12-20-15-5-4-8-18-10-15)16-7-6-13(2)9-17(16)19/h4-11H,3,12H2,1-2H3. The molecule has 2 heterocycles. The van der Waals surface area contributed by atoms with Crippen LogP contribution in [0.3, 0.4) is 0 Å². The van der Waals surface area contributed by atoms with E-state index < -0.39 is 0 Å². The van der Waals surface area contributed by atoms with Gasteiger partial charge < -0.3 is 9.30 Å². The summed E-state index contributed by atoms with van der Waals surface area (Å²) in [7, 11) is 0. The smallest absolute Gasteiger partial charge is 0.138 e. The first kappa shape index (κ1) is 12.7. The topological polar surface area (TPSA) is 27.1 Å². The largest absolute Gasteiger partial charge is 0.487 e. The predicted octanol–water partition coefficient (Wildman–Crippen LogP) is 3.94. The van der Waals surface area contributed by atoms with Gasteiger partial charge in [-0.25, -0.2) is 0 Å². The Bertz CT molecular complexity index is 716. The van der Waals surface area contributed by atoms with Crippen LogP contribution < -0.4 is 4.74 Å². The summed E-state index contributed by atoms with van der Waals surface area (Å²) in [6.07, 6.45) is 5.67. The first-order valence-corrected chi connectivity index (χ1v) is 6.89. The van der Waals surface area contributed by atoms with Gasteiger partial charge in [-0.15, -0.1) is 0 Å². The Morgan fingerprint density at radius 2 is 2.15 bits per heavy atom. The molecule has 0 radical (unpaired) electrons. The van der Waals surface area contributed by atoms with Crippen molar-refractivity contribution in [3.63, 3.8) is 0 Å². The van der Waals surface area contributed by atoms with Crippen LogP contribution in [0.5, 0.6) is 5.75 Å². The van der Waals surface area contributed by atoms with Crippen molar-refractivity contribution in [3.05, 3.63) is 60.0 Å². The fraction of sp³-hybridized carbons (Fsp3) is 0.235. The molecule has 0 fully saturated rings. The highest BCUT2D eigenvalue weighted by Crippen LogP contribution is 2.24. The van der Waals surface area contributed by atoms with Crippen LogP contribution in [0.4, 0.5) is 0 Å². The average Bonchev–Trinajstić information content (AvgIpc) is 2.83. The van der Waals surface area contributed by atoms with Crippen molar-refractivity contribution in [2.75, 3.05) is 0 Å². The molecule has 102 valence electrons. The lowest BCUT2D eigenvalue weighted by Crippen LogP contribution is -1.95. The van der Waals surface area contributed by atoms with Gasteiger partial charge in [-0.05, 0) is 37.6 Å². The molecule has 3 rings (SSSR count). The van der Waals surface area contributed by atoms with Crippen LogP contribution in [0, 0.1) is 6.92 Å². The minimum atomic E-state index is 0.568. The summed E-state index contributed by atoms with van der Waals surface area (Å²) in [6.45, 7) is 5.82. The van der Waals surface area contributed by atoms with Crippen molar-refractivity contribution < 1.29 is 4.74 Å². The van der Waals surface area contributed by atoms with Gasteiger partial charge in [0.1, 0.15) is 12.4 Å². The number of aryl methyl sites for hydroxylation is 2. The second-order valence-electron chi connectivity index (χ2n) is 4.94. The first-order chi connectivity index (χ1) is 9.78. The Hall–Kier alpha value is -2.29. The fourth-order valence-electron chi connectivity index (χ4n) is 2.45. The quantitative estimate of drug-likeness (QED) is 0.715. The number of ether oxygens (including phenoxy) is 1. The molecule has 0 N–H and O–H groups in total. The first-order valence-electron chi connectivity index (χ1n) is 6.89. The molecule has 0 saturated carbocycles. The third-order valence-corrected chi connectivity index (χ3v) is 3.49. The van der Waals surface area contributed by atoms with Crippen molar-refractivity contribution in [3.8, 4) is 5.75 Å². The third-order valence-electron chi connectivity index (χ3n) is 3.49. The summed E-state index contributed by atoms with van der Waals surface area (Å²) in [4.78, 5) is 4.06. The van der Waals surface area contributed by atoms with E-state index in [9.17, 15) is 0 Å². The van der Waals surface area contributed by atoms with Gasteiger partial charge >= 0.3 is 0 Å². The van der Waals surface area contributed by atoms with E-state index in [0.29, 0.717) is 6.61 Å². The number of rotatable bonds is 4. The highest BCUT2D eigenvalue weighted by Gasteiger charge is 2.08. The maximum Gasteiger partial charge on any atom is 0.138 e. The number of nitrogens with zero attached hydrogens (tertiary/aromatic N) is 2. The monoisotopic (exact) mass is 266 g/mol. The molecule has 3 aromatic rings. The molecule has 0 aliphatic heterocycles. The second kappa shape index (κ2) is 5.37. The van der Waals surface area contributed by atoms with Crippen LogP contribution in [-0.4, -0.2) is 9.55 Å². The fourth-order valence-corrected chi connectivity index (χ4v) is 2.45. The van der Waals surface area contributed by atoms with Gasteiger partial charge in [0.05, 0.1) is 6.20 Å². The normalized spacial score (nSPS) is 10.9. The lowest BCUT2D eigenvalue weighted by molar-refractivity contribution is 0.306. The minimum absolute atomic E-state index is 0.568. The van der Waals surface area contributed by atoms with Gasteiger partial charge in [0.2, 0.25) is 0 Å². The molecule has 1 aromatic carbocycles. The zero-order valence-electron chi connectivity index (χ0n) is 11.8. The number of hydrogen-bond donors (Lipinski definition) is 0. The summed E-state index contributed by atoms with van der Waals surface area (Å²) >= 11 is 0. The van der Waals surface area contributed by atoms with Crippen LogP contribution in [0.15, 0.2) is 48.9 Å². The number of aromatic nitrogens is 2. The highest BCUT2D eigenvalue weighted by atomic mass is 16.5. The van der Waals surface area contributed by atoms with Gasteiger partial charge in [0.15, 0.2) is 0 Å². The molecule has 0 bridgehead atoms. The molecule has 0 saturated heterocycles. The molecule has 0 atom stereocenters. The molecule has 3 heteroatoms. The summed E-state index contributed by atoms with van der Waals surface area (Å²) in [5, 5.41) is 1.27. The summed E-state index contributed by atoms with van der Waals surface area (Å²) in [5.41, 5.74) is 3.77. The Labute approximate surface area is 118 Å². The molecule has 3 nitrogen and oxygen atoms in total. The zero-order chi connectivity index (χ0) is 13.9. The van der Waals surface area contributed by atoms with Crippen LogP contribution in [0.25, 0.3) is 10.9 Å². The maximum absolute atomic E-state index is 5.81. The molecular weight excluding hydrogens is 248 g/mol. The molecular formula is C17H18N2O. The summed E-state index contributed by atoms with van der Waals surface area (Å²) < 4.78 is 8.08. The lowest BCUT2D eigenvalue weighted by atomic mass is 10.1. The maximum atomic E-state index is 5.81. The average molecular weight is 266 g/mol. The van der Waals surface area contributed by atoms with Crippen molar-refractivity contribution in [1.29, 1.82) is 0 Å². The van der Waals surface area contributed by atoms with E-state index in [2.05, 4.69) is 47.8 Å². The predicted molar refractivity (Wildman–Crippen MR) is 80.9 cm³/mol. The third kappa shape index (κ3) is 2.39. The van der Waals surface area contributed by atoms with Gasteiger partial charge in [0.25, 0.3) is 0 Å². The van der Waals surface area contributed by atoms with Gasteiger partial charge in [-0.3, -0.25) is 4.98 Å². The van der Waals surface area contributed by atoms with Crippen LogP contribution >= 0.6 is 0 Å². The van der Waals surface area contributed by atoms with E-state index in [0.717, 1.165) is 12.3 Å². The Kier molecular flexibility index (Phi) is 3.42. The Balaban J connectivity index is 1.92. The molecule has 0 spiro atoms. The van der Waals surface area contributed by atoms with Gasteiger partial charge in [-0.1, -0.05) is 12.1 Å². The molecule has 0 aliphatic carbocycles. The molecule has 20 heavy (non-hydrogen) atoms. The Morgan fingerprint density at radius 1 is 1.25 bits per heavy atom. The summed E-state index contributed by atoms with van der Waals surface area (Å²) in [6, 6.07) is 10.4. The van der Waals surface area contributed by atoms with Crippen molar-refractivity contribution in [1.82, 2.24) is 9.55 Å². The van der Waals surface area contributed by atoms with Crippen molar-refractivity contribution >= 4 is 10.9 Å². The number of hydrogen-bond acceptors (Lipinski definition) is 2. The van der Waals surface area contributed by atoms with Crippen molar-refractivity contribution in [2.45, 2.75) is 27.0 Å². The van der Waals surface area contributed by atoms with Crippen LogP contribution in [-0.2, 0) is 13.2 Å². The van der Waals surface area contributed by atoms with Gasteiger partial charge in [0, 0.05) is 35.4 Å². The summed E-state index contributed by atoms with van der Waals surface area (Å²) in [5.74, 6) is 0.803. The van der Waals surface area contributed by atoms with Gasteiger partial charge in [-0.2, -0.15) is 0 Å². The molecule has 0 unspecified atom stereocenters. The van der Waals surface area contributed by atoms with E-state index in [1.807, 2.05) is 12.1 Å². The lowest BCUT2D eigenvalue weighted by Gasteiger charge is -2.04. The van der Waals surface area contributed by atoms with E-state index in [4.69, 9.17) is 4.74 Å². The number of benzene rings is 1.